The van der Waals surface area contributed by atoms with Gasteiger partial charge in [0.1, 0.15) is 12.4 Å². The van der Waals surface area contributed by atoms with Crippen LogP contribution in [0, 0.1) is 5.41 Å². The van der Waals surface area contributed by atoms with Crippen LogP contribution in [0.15, 0.2) is 54.6 Å². The van der Waals surface area contributed by atoms with Crippen LogP contribution < -0.4 is 10.5 Å². The fourth-order valence-electron chi connectivity index (χ4n) is 1.87. The van der Waals surface area contributed by atoms with Gasteiger partial charge in [-0.15, -0.1) is 0 Å². The van der Waals surface area contributed by atoms with E-state index in [0.29, 0.717) is 23.6 Å². The van der Waals surface area contributed by atoms with E-state index >= 15 is 0 Å². The number of nitrogens with two attached hydrogens (primary N) is 1. The van der Waals surface area contributed by atoms with Crippen molar-refractivity contribution in [3.8, 4) is 5.75 Å². The van der Waals surface area contributed by atoms with Crippen LogP contribution in [0.2, 0.25) is 0 Å². The van der Waals surface area contributed by atoms with Gasteiger partial charge in [0.2, 0.25) is 0 Å². The number of hydrogen-bond acceptors (Lipinski definition) is 3. The van der Waals surface area contributed by atoms with Crippen molar-refractivity contribution in [3.63, 3.8) is 0 Å². The minimum atomic E-state index is -0.581. The summed E-state index contributed by atoms with van der Waals surface area (Å²) in [4.78, 5) is 12.4. The van der Waals surface area contributed by atoms with Crippen LogP contribution in [0.4, 0.5) is 5.69 Å². The van der Waals surface area contributed by atoms with Crippen molar-refractivity contribution in [2.75, 3.05) is 12.3 Å². The second-order valence-electron chi connectivity index (χ2n) is 5.44. The lowest BCUT2D eigenvalue weighted by Gasteiger charge is -2.23. The van der Waals surface area contributed by atoms with Crippen molar-refractivity contribution >= 4 is 11.5 Å². The Kier molecular flexibility index (Phi) is 4.08. The van der Waals surface area contributed by atoms with Crippen LogP contribution in [-0.4, -0.2) is 12.4 Å². The molecule has 0 radical (unpaired) electrons. The molecular formula is C17H19NO2. The molecule has 0 bridgehead atoms. The number of carbonyl (C=O) groups is 1. The molecule has 3 nitrogen and oxygen atoms in total. The number of benzene rings is 2. The molecule has 0 spiro atoms. The summed E-state index contributed by atoms with van der Waals surface area (Å²) < 4.78 is 5.69. The Morgan fingerprint density at radius 1 is 1.05 bits per heavy atom. The Morgan fingerprint density at radius 3 is 2.25 bits per heavy atom. The molecule has 0 unspecified atom stereocenters. The average molecular weight is 269 g/mol. The van der Waals surface area contributed by atoms with Crippen molar-refractivity contribution in [1.82, 2.24) is 0 Å². The standard InChI is InChI=1S/C17H19NO2/c1-17(2,16(19)13-6-4-3-5-7-13)12-20-15-10-8-14(18)9-11-15/h3-11H,12,18H2,1-2H3. The molecule has 104 valence electrons. The molecule has 0 heterocycles. The second kappa shape index (κ2) is 5.78. The van der Waals surface area contributed by atoms with Crippen LogP contribution >= 0.6 is 0 Å². The molecule has 2 N–H and O–H groups in total. The van der Waals surface area contributed by atoms with Gasteiger partial charge in [0, 0.05) is 11.3 Å². The van der Waals surface area contributed by atoms with Crippen LogP contribution in [0.5, 0.6) is 5.75 Å². The molecule has 0 aromatic heterocycles. The third-order valence-electron chi connectivity index (χ3n) is 3.13. The molecule has 0 aliphatic heterocycles. The van der Waals surface area contributed by atoms with E-state index in [1.807, 2.05) is 44.2 Å². The topological polar surface area (TPSA) is 52.3 Å². The maximum Gasteiger partial charge on any atom is 0.171 e. The van der Waals surface area contributed by atoms with Crippen molar-refractivity contribution in [1.29, 1.82) is 0 Å². The van der Waals surface area contributed by atoms with Gasteiger partial charge in [-0.3, -0.25) is 4.79 Å². The van der Waals surface area contributed by atoms with Gasteiger partial charge < -0.3 is 10.5 Å². The molecule has 0 saturated heterocycles. The lowest BCUT2D eigenvalue weighted by atomic mass is 9.85. The Labute approximate surface area is 119 Å². The van der Waals surface area contributed by atoms with Crippen LogP contribution in [0.3, 0.4) is 0 Å². The maximum atomic E-state index is 12.4. The van der Waals surface area contributed by atoms with Crippen molar-refractivity contribution in [2.24, 2.45) is 5.41 Å². The summed E-state index contributed by atoms with van der Waals surface area (Å²) in [7, 11) is 0. The molecule has 0 saturated carbocycles. The molecule has 0 fully saturated rings. The van der Waals surface area contributed by atoms with E-state index in [-0.39, 0.29) is 5.78 Å². The number of nitrogen functional groups attached to an aromatic ring is 1. The van der Waals surface area contributed by atoms with Gasteiger partial charge in [0.15, 0.2) is 5.78 Å². The van der Waals surface area contributed by atoms with Crippen LogP contribution in [-0.2, 0) is 0 Å². The van der Waals surface area contributed by atoms with Gasteiger partial charge in [-0.2, -0.15) is 0 Å². The van der Waals surface area contributed by atoms with Gasteiger partial charge in [-0.1, -0.05) is 30.3 Å². The molecule has 2 aromatic rings. The fraction of sp³-hybridized carbons (Fsp3) is 0.235. The number of Topliss-reactive ketones (excluding diaryl/α,β-unsaturated/α-hetero) is 1. The SMILES string of the molecule is CC(C)(COc1ccc(N)cc1)C(=O)c1ccccc1. The summed E-state index contributed by atoms with van der Waals surface area (Å²) in [6.07, 6.45) is 0. The average Bonchev–Trinajstić information content (AvgIpc) is 2.47. The summed E-state index contributed by atoms with van der Waals surface area (Å²) >= 11 is 0. The summed E-state index contributed by atoms with van der Waals surface area (Å²) in [6.45, 7) is 4.10. The van der Waals surface area contributed by atoms with E-state index in [1.54, 1.807) is 24.3 Å². The van der Waals surface area contributed by atoms with Crippen molar-refractivity contribution in [2.45, 2.75) is 13.8 Å². The lowest BCUT2D eigenvalue weighted by molar-refractivity contribution is 0.0751. The Morgan fingerprint density at radius 2 is 1.65 bits per heavy atom. The van der Waals surface area contributed by atoms with Crippen molar-refractivity contribution < 1.29 is 9.53 Å². The number of anilines is 1. The molecule has 2 rings (SSSR count). The van der Waals surface area contributed by atoms with Gasteiger partial charge in [0.25, 0.3) is 0 Å². The quantitative estimate of drug-likeness (QED) is 0.667. The van der Waals surface area contributed by atoms with E-state index in [0.717, 1.165) is 0 Å². The van der Waals surface area contributed by atoms with Gasteiger partial charge in [-0.05, 0) is 38.1 Å². The maximum absolute atomic E-state index is 12.4. The first kappa shape index (κ1) is 14.1. The molecule has 0 aliphatic carbocycles. The summed E-state index contributed by atoms with van der Waals surface area (Å²) in [5, 5.41) is 0. The van der Waals surface area contributed by atoms with Gasteiger partial charge in [-0.25, -0.2) is 0 Å². The first-order chi connectivity index (χ1) is 9.49. The molecule has 20 heavy (non-hydrogen) atoms. The van der Waals surface area contributed by atoms with Crippen molar-refractivity contribution in [3.05, 3.63) is 60.2 Å². The number of ether oxygens (including phenoxy) is 1. The number of carbonyl (C=O) groups excluding carboxylic acids is 1. The fourth-order valence-corrected chi connectivity index (χ4v) is 1.87. The third kappa shape index (κ3) is 3.38. The van der Waals surface area contributed by atoms with Gasteiger partial charge >= 0.3 is 0 Å². The second-order valence-corrected chi connectivity index (χ2v) is 5.44. The van der Waals surface area contributed by atoms with E-state index < -0.39 is 5.41 Å². The van der Waals surface area contributed by atoms with E-state index in [9.17, 15) is 4.79 Å². The first-order valence-corrected chi connectivity index (χ1v) is 6.57. The summed E-state index contributed by atoms with van der Waals surface area (Å²) in [6, 6.07) is 16.4. The van der Waals surface area contributed by atoms with E-state index in [1.165, 1.54) is 0 Å². The zero-order valence-corrected chi connectivity index (χ0v) is 11.8. The van der Waals surface area contributed by atoms with Crippen LogP contribution in [0.25, 0.3) is 0 Å². The monoisotopic (exact) mass is 269 g/mol. The number of rotatable bonds is 5. The highest BCUT2D eigenvalue weighted by Gasteiger charge is 2.29. The van der Waals surface area contributed by atoms with E-state index in [4.69, 9.17) is 10.5 Å². The molecule has 0 amide bonds. The highest BCUT2D eigenvalue weighted by Crippen LogP contribution is 2.24. The predicted octanol–water partition coefficient (Wildman–Crippen LogP) is 3.56. The molecule has 0 atom stereocenters. The van der Waals surface area contributed by atoms with E-state index in [2.05, 4.69) is 0 Å². The Balaban J connectivity index is 2.03. The summed E-state index contributed by atoms with van der Waals surface area (Å²) in [5.74, 6) is 0.793. The number of ketones is 1. The van der Waals surface area contributed by atoms with Crippen LogP contribution in [0.1, 0.15) is 24.2 Å². The normalized spacial score (nSPS) is 11.1. The Bertz CT molecular complexity index is 574. The Hall–Kier alpha value is -2.29. The van der Waals surface area contributed by atoms with Gasteiger partial charge in [0.05, 0.1) is 5.41 Å². The molecule has 0 aliphatic rings. The third-order valence-corrected chi connectivity index (χ3v) is 3.13. The number of hydrogen-bond donors (Lipinski definition) is 1. The predicted molar refractivity (Wildman–Crippen MR) is 80.9 cm³/mol. The zero-order valence-electron chi connectivity index (χ0n) is 11.8. The molecule has 2 aromatic carbocycles. The molecule has 3 heteroatoms. The first-order valence-electron chi connectivity index (χ1n) is 6.57. The minimum absolute atomic E-state index is 0.0774. The summed E-state index contributed by atoms with van der Waals surface area (Å²) in [5.41, 5.74) is 6.44. The minimum Gasteiger partial charge on any atom is -0.493 e. The smallest absolute Gasteiger partial charge is 0.171 e. The zero-order chi connectivity index (χ0) is 14.6. The molecular weight excluding hydrogens is 250 g/mol. The highest BCUT2D eigenvalue weighted by molar-refractivity contribution is 6.00. The lowest BCUT2D eigenvalue weighted by Crippen LogP contribution is -2.31. The largest absolute Gasteiger partial charge is 0.493 e. The highest BCUT2D eigenvalue weighted by atomic mass is 16.5.